The fourth-order valence-corrected chi connectivity index (χ4v) is 2.66. The number of rotatable bonds is 7. The Bertz CT molecular complexity index is 683. The molecule has 0 aliphatic carbocycles. The molecule has 23 heavy (non-hydrogen) atoms. The fraction of sp³-hybridized carbons (Fsp3) is 0.467. The first-order valence-corrected chi connectivity index (χ1v) is 8.61. The average molecular weight is 337 g/mol. The maximum absolute atomic E-state index is 10.6. The second-order valence-corrected chi connectivity index (χ2v) is 6.60. The molecule has 0 aromatic heterocycles. The molecule has 0 saturated carbocycles. The summed E-state index contributed by atoms with van der Waals surface area (Å²) in [4.78, 5) is 1.98. The number of nitrogens with zero attached hydrogens (tertiary/aromatic N) is 3. The van der Waals surface area contributed by atoms with Crippen molar-refractivity contribution in [2.75, 3.05) is 25.5 Å². The summed E-state index contributed by atoms with van der Waals surface area (Å²) in [5, 5.41) is 17.8. The number of hydrogen-bond donors (Lipinski definition) is 1. The first-order valence-electron chi connectivity index (χ1n) is 7.00. The molecule has 0 amide bonds. The minimum atomic E-state index is -3.94. The lowest BCUT2D eigenvalue weighted by Crippen LogP contribution is -2.26. The van der Waals surface area contributed by atoms with E-state index in [1.165, 1.54) is 0 Å². The van der Waals surface area contributed by atoms with E-state index in [0.29, 0.717) is 18.7 Å². The normalized spacial score (nSPS) is 14.7. The zero-order valence-corrected chi connectivity index (χ0v) is 13.9. The third-order valence-corrected chi connectivity index (χ3v) is 4.05. The summed E-state index contributed by atoms with van der Waals surface area (Å²) in [6.45, 7) is 4.96. The standard InChI is InChI=1S/C15H19N3O4S/c1-12-8-14(15(10-16)11-17)9-13(2)18(12)4-6-22-5-3-7-23(19,20)21/h8-9H,3-7H2,1-2H3,(H,19,20,21). The van der Waals surface area contributed by atoms with Crippen LogP contribution >= 0.6 is 0 Å². The van der Waals surface area contributed by atoms with Crippen LogP contribution in [0.4, 0.5) is 0 Å². The molecule has 0 aromatic rings. The van der Waals surface area contributed by atoms with Gasteiger partial charge in [0.05, 0.1) is 12.4 Å². The number of hydrogen-bond acceptors (Lipinski definition) is 6. The third kappa shape index (κ3) is 6.25. The quantitative estimate of drug-likeness (QED) is 0.427. The van der Waals surface area contributed by atoms with Crippen molar-refractivity contribution >= 4 is 10.1 Å². The minimum absolute atomic E-state index is 0.0739. The molecule has 0 bridgehead atoms. The lowest BCUT2D eigenvalue weighted by Gasteiger charge is -2.29. The van der Waals surface area contributed by atoms with Gasteiger partial charge in [-0.05, 0) is 32.4 Å². The molecule has 1 aliphatic heterocycles. The summed E-state index contributed by atoms with van der Waals surface area (Å²) in [6, 6.07) is 3.74. The van der Waals surface area contributed by atoms with Crippen LogP contribution < -0.4 is 0 Å². The topological polar surface area (TPSA) is 114 Å². The van der Waals surface area contributed by atoms with E-state index in [9.17, 15) is 8.42 Å². The van der Waals surface area contributed by atoms with Crippen molar-refractivity contribution in [3.05, 3.63) is 34.7 Å². The van der Waals surface area contributed by atoms with Crippen molar-refractivity contribution in [3.63, 3.8) is 0 Å². The van der Waals surface area contributed by atoms with Crippen LogP contribution in [0.2, 0.25) is 0 Å². The van der Waals surface area contributed by atoms with Gasteiger partial charge in [0.1, 0.15) is 17.7 Å². The van der Waals surface area contributed by atoms with Gasteiger partial charge in [-0.3, -0.25) is 4.55 Å². The zero-order valence-electron chi connectivity index (χ0n) is 13.1. The summed E-state index contributed by atoms with van der Waals surface area (Å²) < 4.78 is 35.1. The van der Waals surface area contributed by atoms with E-state index in [-0.39, 0.29) is 24.4 Å². The SMILES string of the molecule is CC1=CC(=C(C#N)C#N)C=C(C)N1CCOCCCS(=O)(=O)O. The minimum Gasteiger partial charge on any atom is -0.380 e. The molecule has 1 aliphatic rings. The molecule has 0 unspecified atom stereocenters. The first kappa shape index (κ1) is 18.9. The van der Waals surface area contributed by atoms with Crippen LogP contribution in [-0.4, -0.2) is 43.4 Å². The summed E-state index contributed by atoms with van der Waals surface area (Å²) in [5.41, 5.74) is 2.45. The van der Waals surface area contributed by atoms with Crippen LogP contribution in [0.25, 0.3) is 0 Å². The highest BCUT2D eigenvalue weighted by atomic mass is 32.2. The number of nitriles is 2. The zero-order chi connectivity index (χ0) is 17.5. The Morgan fingerprint density at radius 2 is 1.78 bits per heavy atom. The Morgan fingerprint density at radius 3 is 2.26 bits per heavy atom. The molecule has 8 heteroatoms. The molecule has 0 fully saturated rings. The van der Waals surface area contributed by atoms with E-state index in [1.807, 2.05) is 30.9 Å². The lowest BCUT2D eigenvalue weighted by molar-refractivity contribution is 0.120. The van der Waals surface area contributed by atoms with E-state index >= 15 is 0 Å². The molecule has 7 nitrogen and oxygen atoms in total. The van der Waals surface area contributed by atoms with Gasteiger partial charge in [0, 0.05) is 30.1 Å². The average Bonchev–Trinajstić information content (AvgIpc) is 2.45. The molecule has 0 atom stereocenters. The Hall–Kier alpha value is -2.13. The van der Waals surface area contributed by atoms with Gasteiger partial charge in [-0.25, -0.2) is 0 Å². The second-order valence-electron chi connectivity index (χ2n) is 5.03. The van der Waals surface area contributed by atoms with Crippen molar-refractivity contribution in [3.8, 4) is 12.1 Å². The van der Waals surface area contributed by atoms with Gasteiger partial charge in [0.2, 0.25) is 0 Å². The van der Waals surface area contributed by atoms with Crippen LogP contribution in [0, 0.1) is 22.7 Å². The smallest absolute Gasteiger partial charge is 0.264 e. The highest BCUT2D eigenvalue weighted by Crippen LogP contribution is 2.24. The van der Waals surface area contributed by atoms with Crippen LogP contribution in [0.15, 0.2) is 34.7 Å². The number of allylic oxidation sites excluding steroid dienone is 6. The molecule has 0 aromatic carbocycles. The van der Waals surface area contributed by atoms with E-state index in [1.54, 1.807) is 12.2 Å². The van der Waals surface area contributed by atoms with Crippen LogP contribution in [0.1, 0.15) is 20.3 Å². The van der Waals surface area contributed by atoms with Gasteiger partial charge in [-0.1, -0.05) is 0 Å². The van der Waals surface area contributed by atoms with E-state index < -0.39 is 10.1 Å². The molecular weight excluding hydrogens is 318 g/mol. The van der Waals surface area contributed by atoms with Gasteiger partial charge in [-0.15, -0.1) is 0 Å². The first-order chi connectivity index (χ1) is 10.8. The molecule has 0 radical (unpaired) electrons. The second kappa shape index (κ2) is 8.49. The maximum atomic E-state index is 10.6. The Balaban J connectivity index is 2.53. The predicted octanol–water partition coefficient (Wildman–Crippen LogP) is 1.75. The molecule has 0 spiro atoms. The van der Waals surface area contributed by atoms with Gasteiger partial charge in [-0.2, -0.15) is 18.9 Å². The van der Waals surface area contributed by atoms with Gasteiger partial charge < -0.3 is 9.64 Å². The van der Waals surface area contributed by atoms with E-state index in [4.69, 9.17) is 19.8 Å². The Morgan fingerprint density at radius 1 is 1.22 bits per heavy atom. The Kier molecular flexibility index (Phi) is 6.98. The highest BCUT2D eigenvalue weighted by Gasteiger charge is 2.15. The van der Waals surface area contributed by atoms with E-state index in [0.717, 1.165) is 11.4 Å². The van der Waals surface area contributed by atoms with Crippen LogP contribution in [0.5, 0.6) is 0 Å². The maximum Gasteiger partial charge on any atom is 0.264 e. The van der Waals surface area contributed by atoms with Crippen molar-refractivity contribution in [1.29, 1.82) is 10.5 Å². The van der Waals surface area contributed by atoms with Gasteiger partial charge >= 0.3 is 0 Å². The fourth-order valence-electron chi connectivity index (χ4n) is 2.18. The van der Waals surface area contributed by atoms with Gasteiger partial charge in [0.15, 0.2) is 0 Å². The van der Waals surface area contributed by atoms with E-state index in [2.05, 4.69) is 0 Å². The predicted molar refractivity (Wildman–Crippen MR) is 84.3 cm³/mol. The molecule has 1 N–H and O–H groups in total. The van der Waals surface area contributed by atoms with Crippen LogP contribution in [0.3, 0.4) is 0 Å². The molecule has 124 valence electrons. The third-order valence-electron chi connectivity index (χ3n) is 3.24. The highest BCUT2D eigenvalue weighted by molar-refractivity contribution is 7.85. The Labute approximate surface area is 136 Å². The van der Waals surface area contributed by atoms with Crippen LogP contribution in [-0.2, 0) is 14.9 Å². The summed E-state index contributed by atoms with van der Waals surface area (Å²) in [7, 11) is -3.94. The summed E-state index contributed by atoms with van der Waals surface area (Å²) in [5.74, 6) is -0.312. The monoisotopic (exact) mass is 337 g/mol. The van der Waals surface area contributed by atoms with Crippen molar-refractivity contribution < 1.29 is 17.7 Å². The molecule has 0 saturated heterocycles. The largest absolute Gasteiger partial charge is 0.380 e. The molecular formula is C15H19N3O4S. The van der Waals surface area contributed by atoms with Crippen molar-refractivity contribution in [2.45, 2.75) is 20.3 Å². The van der Waals surface area contributed by atoms with Crippen molar-refractivity contribution in [1.82, 2.24) is 4.90 Å². The summed E-state index contributed by atoms with van der Waals surface area (Å²) >= 11 is 0. The van der Waals surface area contributed by atoms with Gasteiger partial charge in [0.25, 0.3) is 10.1 Å². The lowest BCUT2D eigenvalue weighted by atomic mass is 10.0. The van der Waals surface area contributed by atoms with Crippen molar-refractivity contribution in [2.24, 2.45) is 0 Å². The molecule has 1 rings (SSSR count). The summed E-state index contributed by atoms with van der Waals surface area (Å²) in [6.07, 6.45) is 3.78. The number of ether oxygens (including phenoxy) is 1. The molecule has 1 heterocycles.